The summed E-state index contributed by atoms with van der Waals surface area (Å²) in [5.41, 5.74) is 8.34. The zero-order valence-corrected chi connectivity index (χ0v) is 17.6. The van der Waals surface area contributed by atoms with E-state index in [0.29, 0.717) is 17.3 Å². The van der Waals surface area contributed by atoms with Gasteiger partial charge in [0, 0.05) is 11.7 Å². The number of nitrogens with one attached hydrogen (secondary N) is 1. The molecule has 0 spiro atoms. The fourth-order valence-electron chi connectivity index (χ4n) is 4.67. The Morgan fingerprint density at radius 2 is 1.64 bits per heavy atom. The maximum absolute atomic E-state index is 13.3. The molecule has 150 valence electrons. The summed E-state index contributed by atoms with van der Waals surface area (Å²) in [6, 6.07) is 14.7. The molecule has 3 N–H and O–H groups in total. The molecule has 3 rings (SSSR count). The third-order valence-electron chi connectivity index (χ3n) is 6.79. The standard InChI is InChI=1S/C23H31N3O2/c1-15(20-22(2,3)23(20,4)5)26(16-11-13-17(28-6)14-12-16)21(27)25-19-10-8-7-9-18(19)24/h7-15,20H,24H2,1-6H3,(H,25,27). The van der Waals surface area contributed by atoms with Crippen LogP contribution in [-0.4, -0.2) is 19.2 Å². The van der Waals surface area contributed by atoms with Gasteiger partial charge in [0.2, 0.25) is 0 Å². The lowest BCUT2D eigenvalue weighted by Crippen LogP contribution is -2.44. The van der Waals surface area contributed by atoms with Gasteiger partial charge < -0.3 is 15.8 Å². The average molecular weight is 382 g/mol. The predicted octanol–water partition coefficient (Wildman–Crippen LogP) is 5.39. The maximum Gasteiger partial charge on any atom is 0.326 e. The van der Waals surface area contributed by atoms with E-state index < -0.39 is 0 Å². The van der Waals surface area contributed by atoms with E-state index in [2.05, 4.69) is 39.9 Å². The Morgan fingerprint density at radius 1 is 1.07 bits per heavy atom. The number of hydrogen-bond donors (Lipinski definition) is 2. The molecule has 0 aromatic heterocycles. The highest BCUT2D eigenvalue weighted by atomic mass is 16.5. The van der Waals surface area contributed by atoms with E-state index in [-0.39, 0.29) is 22.9 Å². The van der Waals surface area contributed by atoms with Gasteiger partial charge in [0.1, 0.15) is 5.75 Å². The van der Waals surface area contributed by atoms with Crippen LogP contribution in [0.25, 0.3) is 0 Å². The number of anilines is 3. The van der Waals surface area contributed by atoms with Crippen LogP contribution in [0.15, 0.2) is 48.5 Å². The van der Waals surface area contributed by atoms with Crippen LogP contribution in [-0.2, 0) is 0 Å². The summed E-state index contributed by atoms with van der Waals surface area (Å²) in [7, 11) is 1.63. The van der Waals surface area contributed by atoms with Gasteiger partial charge in [0.15, 0.2) is 0 Å². The van der Waals surface area contributed by atoms with Crippen LogP contribution < -0.4 is 20.7 Å². The van der Waals surface area contributed by atoms with Crippen LogP contribution >= 0.6 is 0 Å². The number of ether oxygens (including phenoxy) is 1. The first kappa shape index (κ1) is 20.1. The molecule has 0 bridgehead atoms. The number of amides is 2. The van der Waals surface area contributed by atoms with E-state index in [1.807, 2.05) is 47.4 Å². The minimum Gasteiger partial charge on any atom is -0.497 e. The first-order valence-corrected chi connectivity index (χ1v) is 9.70. The highest BCUT2D eigenvalue weighted by Crippen LogP contribution is 2.70. The third-order valence-corrected chi connectivity index (χ3v) is 6.79. The molecule has 1 aliphatic carbocycles. The molecule has 0 heterocycles. The molecule has 1 aliphatic rings. The fourth-order valence-corrected chi connectivity index (χ4v) is 4.67. The molecule has 2 aromatic rings. The molecule has 5 nitrogen and oxygen atoms in total. The lowest BCUT2D eigenvalue weighted by atomic mass is 10.0. The number of para-hydroxylation sites is 2. The number of nitrogens with two attached hydrogens (primary N) is 1. The molecule has 1 saturated carbocycles. The first-order chi connectivity index (χ1) is 13.1. The molecule has 1 fully saturated rings. The van der Waals surface area contributed by atoms with E-state index in [4.69, 9.17) is 10.5 Å². The van der Waals surface area contributed by atoms with Crippen molar-refractivity contribution in [3.63, 3.8) is 0 Å². The SMILES string of the molecule is COc1ccc(N(C(=O)Nc2ccccc2N)C(C)C2C(C)(C)C2(C)C)cc1. The molecule has 2 aromatic carbocycles. The molecule has 5 heteroatoms. The van der Waals surface area contributed by atoms with Crippen LogP contribution in [0.3, 0.4) is 0 Å². The van der Waals surface area contributed by atoms with Crippen molar-refractivity contribution in [3.8, 4) is 5.75 Å². The Hall–Kier alpha value is -2.69. The Balaban J connectivity index is 1.94. The van der Waals surface area contributed by atoms with Crippen molar-refractivity contribution < 1.29 is 9.53 Å². The van der Waals surface area contributed by atoms with Crippen molar-refractivity contribution in [1.29, 1.82) is 0 Å². The summed E-state index contributed by atoms with van der Waals surface area (Å²) in [4.78, 5) is 15.2. The first-order valence-electron chi connectivity index (χ1n) is 9.70. The van der Waals surface area contributed by atoms with Gasteiger partial charge in [-0.05, 0) is 60.1 Å². The number of urea groups is 1. The Bertz CT molecular complexity index is 844. The lowest BCUT2D eigenvalue weighted by molar-refractivity contribution is 0.253. The molecule has 0 radical (unpaired) electrons. The predicted molar refractivity (Wildman–Crippen MR) is 116 cm³/mol. The van der Waals surface area contributed by atoms with Gasteiger partial charge in [-0.3, -0.25) is 4.90 Å². The number of nitrogen functional groups attached to an aromatic ring is 1. The van der Waals surface area contributed by atoms with Crippen molar-refractivity contribution in [2.24, 2.45) is 16.7 Å². The summed E-state index contributed by atoms with van der Waals surface area (Å²) in [5.74, 6) is 1.14. The van der Waals surface area contributed by atoms with E-state index in [1.165, 1.54) is 0 Å². The van der Waals surface area contributed by atoms with Crippen LogP contribution in [0.4, 0.5) is 21.9 Å². The fraction of sp³-hybridized carbons (Fsp3) is 0.435. The number of rotatable bonds is 5. The molecule has 28 heavy (non-hydrogen) atoms. The molecule has 0 aliphatic heterocycles. The summed E-state index contributed by atoms with van der Waals surface area (Å²) in [6.07, 6.45) is 0. The minimum absolute atomic E-state index is 0.0170. The van der Waals surface area contributed by atoms with Gasteiger partial charge in [-0.15, -0.1) is 0 Å². The van der Waals surface area contributed by atoms with Crippen LogP contribution in [0.2, 0.25) is 0 Å². The average Bonchev–Trinajstić information content (AvgIpc) is 3.06. The Kier molecular flexibility index (Phi) is 5.04. The number of methoxy groups -OCH3 is 1. The lowest BCUT2D eigenvalue weighted by Gasteiger charge is -2.31. The number of carbonyl (C=O) groups is 1. The summed E-state index contributed by atoms with van der Waals surface area (Å²) in [6.45, 7) is 11.2. The number of hydrogen-bond acceptors (Lipinski definition) is 3. The zero-order chi connectivity index (χ0) is 20.7. The number of carbonyl (C=O) groups excluding carboxylic acids is 1. The zero-order valence-electron chi connectivity index (χ0n) is 17.6. The summed E-state index contributed by atoms with van der Waals surface area (Å²) < 4.78 is 5.27. The van der Waals surface area contributed by atoms with E-state index in [9.17, 15) is 4.79 Å². The molecular weight excluding hydrogens is 350 g/mol. The second kappa shape index (κ2) is 7.04. The smallest absolute Gasteiger partial charge is 0.326 e. The van der Waals surface area contributed by atoms with Crippen molar-refractivity contribution in [2.75, 3.05) is 23.1 Å². The maximum atomic E-state index is 13.3. The highest BCUT2D eigenvalue weighted by Gasteiger charge is 2.67. The van der Waals surface area contributed by atoms with Crippen LogP contribution in [0.5, 0.6) is 5.75 Å². The quantitative estimate of drug-likeness (QED) is 0.683. The van der Waals surface area contributed by atoms with Crippen LogP contribution in [0.1, 0.15) is 34.6 Å². The van der Waals surface area contributed by atoms with Gasteiger partial charge in [-0.25, -0.2) is 4.79 Å². The van der Waals surface area contributed by atoms with E-state index in [0.717, 1.165) is 11.4 Å². The second-order valence-corrected chi connectivity index (χ2v) is 8.75. The molecular formula is C23H31N3O2. The van der Waals surface area contributed by atoms with Gasteiger partial charge >= 0.3 is 6.03 Å². The molecule has 1 unspecified atom stereocenters. The summed E-state index contributed by atoms with van der Waals surface area (Å²) >= 11 is 0. The summed E-state index contributed by atoms with van der Waals surface area (Å²) in [5, 5.41) is 2.99. The third kappa shape index (κ3) is 3.30. The Morgan fingerprint density at radius 3 is 2.14 bits per heavy atom. The molecule has 1 atom stereocenters. The molecule has 0 saturated heterocycles. The second-order valence-electron chi connectivity index (χ2n) is 8.75. The monoisotopic (exact) mass is 381 g/mol. The van der Waals surface area contributed by atoms with Crippen molar-refractivity contribution in [3.05, 3.63) is 48.5 Å². The normalized spacial score (nSPS) is 18.2. The van der Waals surface area contributed by atoms with Crippen molar-refractivity contribution in [2.45, 2.75) is 40.7 Å². The van der Waals surface area contributed by atoms with E-state index >= 15 is 0 Å². The van der Waals surface area contributed by atoms with Crippen molar-refractivity contribution >= 4 is 23.1 Å². The van der Waals surface area contributed by atoms with Gasteiger partial charge in [-0.1, -0.05) is 39.8 Å². The van der Waals surface area contributed by atoms with Gasteiger partial charge in [-0.2, -0.15) is 0 Å². The van der Waals surface area contributed by atoms with Crippen molar-refractivity contribution in [1.82, 2.24) is 0 Å². The van der Waals surface area contributed by atoms with E-state index in [1.54, 1.807) is 13.2 Å². The number of benzene rings is 2. The highest BCUT2D eigenvalue weighted by molar-refractivity contribution is 6.03. The number of nitrogens with zero attached hydrogens (tertiary/aromatic N) is 1. The van der Waals surface area contributed by atoms with Gasteiger partial charge in [0.25, 0.3) is 0 Å². The largest absolute Gasteiger partial charge is 0.497 e. The topological polar surface area (TPSA) is 67.6 Å². The van der Waals surface area contributed by atoms with Crippen LogP contribution in [0, 0.1) is 16.7 Å². The minimum atomic E-state index is -0.186. The van der Waals surface area contributed by atoms with Gasteiger partial charge in [0.05, 0.1) is 18.5 Å². The molecule has 2 amide bonds. The Labute approximate surface area is 167 Å².